The molecule has 0 aliphatic heterocycles. The van der Waals surface area contributed by atoms with E-state index in [4.69, 9.17) is 5.73 Å². The summed E-state index contributed by atoms with van der Waals surface area (Å²) in [5.74, 6) is 0.484. The number of anilines is 1. The van der Waals surface area contributed by atoms with Crippen LogP contribution in [0.2, 0.25) is 0 Å². The summed E-state index contributed by atoms with van der Waals surface area (Å²) in [6, 6.07) is 20.7. The molecule has 1 aromatic heterocycles. The molecule has 0 aliphatic rings. The Balaban J connectivity index is 1.43. The van der Waals surface area contributed by atoms with Gasteiger partial charge in [0.15, 0.2) is 4.34 Å². The molecule has 0 bridgehead atoms. The Hall–Kier alpha value is -2.48. The predicted molar refractivity (Wildman–Crippen MR) is 110 cm³/mol. The number of fused-ring (bicyclic) bond motifs is 1. The van der Waals surface area contributed by atoms with Crippen molar-refractivity contribution in [2.24, 2.45) is 5.73 Å². The lowest BCUT2D eigenvalue weighted by molar-refractivity contribution is 0.627. The van der Waals surface area contributed by atoms with Gasteiger partial charge in [-0.05, 0) is 34.0 Å². The van der Waals surface area contributed by atoms with Gasteiger partial charge in [-0.3, -0.25) is 0 Å². The number of thioether (sulfide) groups is 1. The van der Waals surface area contributed by atoms with Crippen LogP contribution in [0, 0.1) is 5.82 Å². The molecule has 3 aromatic carbocycles. The van der Waals surface area contributed by atoms with Crippen LogP contribution in [0.1, 0.15) is 17.3 Å². The highest BCUT2D eigenvalue weighted by Crippen LogP contribution is 2.30. The van der Waals surface area contributed by atoms with Gasteiger partial charge in [-0.15, -0.1) is 10.2 Å². The first-order chi connectivity index (χ1) is 13.2. The summed E-state index contributed by atoms with van der Waals surface area (Å²) in [6.07, 6.45) is -0.376. The summed E-state index contributed by atoms with van der Waals surface area (Å²) < 4.78 is 13.8. The third-order valence-corrected chi connectivity index (χ3v) is 6.18. The van der Waals surface area contributed by atoms with Crippen LogP contribution in [0.25, 0.3) is 10.8 Å². The van der Waals surface area contributed by atoms with Crippen molar-refractivity contribution < 1.29 is 4.39 Å². The SMILES string of the molecule is NC(Nc1nnc(SCc2ccc(F)cc2)s1)c1cccc2ccccc12. The molecule has 3 N–H and O–H groups in total. The number of aromatic nitrogens is 2. The number of nitrogens with one attached hydrogen (secondary N) is 1. The minimum Gasteiger partial charge on any atom is -0.341 e. The van der Waals surface area contributed by atoms with Crippen molar-refractivity contribution in [3.8, 4) is 0 Å². The third kappa shape index (κ3) is 4.27. The molecule has 0 amide bonds. The summed E-state index contributed by atoms with van der Waals surface area (Å²) in [6.45, 7) is 0. The van der Waals surface area contributed by atoms with E-state index in [2.05, 4.69) is 33.7 Å². The minimum atomic E-state index is -0.376. The standard InChI is InChI=1S/C20H17FN4S2/c21-15-10-8-13(9-11-15)12-26-20-25-24-19(27-20)23-18(22)17-7-3-5-14-4-1-2-6-16(14)17/h1-11,18H,12,22H2,(H,23,24). The molecule has 0 fully saturated rings. The topological polar surface area (TPSA) is 63.8 Å². The number of nitrogens with two attached hydrogens (primary N) is 1. The fourth-order valence-corrected chi connectivity index (χ4v) is 4.53. The highest BCUT2D eigenvalue weighted by molar-refractivity contribution is 8.00. The van der Waals surface area contributed by atoms with Gasteiger partial charge < -0.3 is 11.1 Å². The van der Waals surface area contributed by atoms with E-state index in [0.717, 1.165) is 26.2 Å². The zero-order chi connectivity index (χ0) is 18.6. The lowest BCUT2D eigenvalue weighted by atomic mass is 10.0. The minimum absolute atomic E-state index is 0.228. The summed E-state index contributed by atoms with van der Waals surface area (Å²) in [4.78, 5) is 0. The van der Waals surface area contributed by atoms with Crippen molar-refractivity contribution in [3.63, 3.8) is 0 Å². The van der Waals surface area contributed by atoms with E-state index >= 15 is 0 Å². The van der Waals surface area contributed by atoms with Crippen molar-refractivity contribution in [3.05, 3.63) is 83.7 Å². The summed E-state index contributed by atoms with van der Waals surface area (Å²) in [7, 11) is 0. The largest absolute Gasteiger partial charge is 0.341 e. The summed E-state index contributed by atoms with van der Waals surface area (Å²) in [5.41, 5.74) is 8.42. The zero-order valence-electron chi connectivity index (χ0n) is 14.3. The first-order valence-corrected chi connectivity index (χ1v) is 10.2. The molecule has 0 saturated carbocycles. The van der Waals surface area contributed by atoms with Gasteiger partial charge in [0.1, 0.15) is 12.0 Å². The van der Waals surface area contributed by atoms with Crippen LogP contribution in [-0.4, -0.2) is 10.2 Å². The molecule has 1 heterocycles. The Morgan fingerprint density at radius 1 is 1.00 bits per heavy atom. The average Bonchev–Trinajstić information content (AvgIpc) is 3.14. The molecule has 4 rings (SSSR count). The van der Waals surface area contributed by atoms with Crippen molar-refractivity contribution in [2.45, 2.75) is 16.3 Å². The van der Waals surface area contributed by atoms with Gasteiger partial charge in [-0.2, -0.15) is 0 Å². The zero-order valence-corrected chi connectivity index (χ0v) is 15.9. The van der Waals surface area contributed by atoms with Crippen molar-refractivity contribution in [1.82, 2.24) is 10.2 Å². The molecule has 0 radical (unpaired) electrons. The van der Waals surface area contributed by atoms with E-state index in [0.29, 0.717) is 10.9 Å². The number of benzene rings is 3. The predicted octanol–water partition coefficient (Wildman–Crippen LogP) is 5.19. The van der Waals surface area contributed by atoms with Gasteiger partial charge in [0, 0.05) is 5.75 Å². The van der Waals surface area contributed by atoms with E-state index < -0.39 is 0 Å². The summed E-state index contributed by atoms with van der Waals surface area (Å²) >= 11 is 3.03. The lowest BCUT2D eigenvalue weighted by Crippen LogP contribution is -2.20. The second-order valence-corrected chi connectivity index (χ2v) is 8.18. The van der Waals surface area contributed by atoms with Crippen LogP contribution in [0.5, 0.6) is 0 Å². The van der Waals surface area contributed by atoms with Crippen LogP contribution in [-0.2, 0) is 5.75 Å². The van der Waals surface area contributed by atoms with Gasteiger partial charge >= 0.3 is 0 Å². The Labute approximate surface area is 164 Å². The Kier molecular flexibility index (Phi) is 5.33. The van der Waals surface area contributed by atoms with Crippen molar-refractivity contribution in [1.29, 1.82) is 0 Å². The fraction of sp³-hybridized carbons (Fsp3) is 0.100. The molecular weight excluding hydrogens is 379 g/mol. The number of hydrogen-bond acceptors (Lipinski definition) is 6. The molecule has 1 atom stereocenters. The monoisotopic (exact) mass is 396 g/mol. The second-order valence-electron chi connectivity index (χ2n) is 5.98. The fourth-order valence-electron chi connectivity index (χ4n) is 2.78. The van der Waals surface area contributed by atoms with E-state index in [1.807, 2.05) is 24.3 Å². The number of nitrogens with zero attached hydrogens (tertiary/aromatic N) is 2. The molecule has 7 heteroatoms. The molecular formula is C20H17FN4S2. The maximum atomic E-state index is 13.0. The van der Waals surface area contributed by atoms with Crippen LogP contribution >= 0.6 is 23.1 Å². The molecule has 0 saturated heterocycles. The average molecular weight is 397 g/mol. The van der Waals surface area contributed by atoms with Crippen LogP contribution < -0.4 is 11.1 Å². The van der Waals surface area contributed by atoms with Gasteiger partial charge in [0.2, 0.25) is 5.13 Å². The second kappa shape index (κ2) is 8.04. The smallest absolute Gasteiger partial charge is 0.207 e. The summed E-state index contributed by atoms with van der Waals surface area (Å²) in [5, 5.41) is 14.6. The van der Waals surface area contributed by atoms with E-state index in [1.165, 1.54) is 23.5 Å². The first kappa shape index (κ1) is 17.9. The Morgan fingerprint density at radius 3 is 2.63 bits per heavy atom. The van der Waals surface area contributed by atoms with Gasteiger partial charge in [0.05, 0.1) is 0 Å². The lowest BCUT2D eigenvalue weighted by Gasteiger charge is -2.15. The molecule has 136 valence electrons. The van der Waals surface area contributed by atoms with Crippen molar-refractivity contribution in [2.75, 3.05) is 5.32 Å². The van der Waals surface area contributed by atoms with Gasteiger partial charge in [-0.25, -0.2) is 4.39 Å². The highest BCUT2D eigenvalue weighted by atomic mass is 32.2. The number of halogens is 1. The number of hydrogen-bond donors (Lipinski definition) is 2. The van der Waals surface area contributed by atoms with Crippen LogP contribution in [0.4, 0.5) is 9.52 Å². The third-order valence-electron chi connectivity index (χ3n) is 4.12. The maximum absolute atomic E-state index is 13.0. The van der Waals surface area contributed by atoms with E-state index in [9.17, 15) is 4.39 Å². The molecule has 4 nitrogen and oxygen atoms in total. The molecule has 1 unspecified atom stereocenters. The molecule has 27 heavy (non-hydrogen) atoms. The molecule has 0 aliphatic carbocycles. The highest BCUT2D eigenvalue weighted by Gasteiger charge is 2.12. The van der Waals surface area contributed by atoms with E-state index in [-0.39, 0.29) is 12.0 Å². The normalized spacial score (nSPS) is 12.2. The van der Waals surface area contributed by atoms with Crippen molar-refractivity contribution >= 4 is 39.0 Å². The van der Waals surface area contributed by atoms with Crippen LogP contribution in [0.3, 0.4) is 0 Å². The quantitative estimate of drug-likeness (QED) is 0.347. The maximum Gasteiger partial charge on any atom is 0.207 e. The first-order valence-electron chi connectivity index (χ1n) is 8.39. The Morgan fingerprint density at radius 2 is 1.78 bits per heavy atom. The number of rotatable bonds is 6. The Bertz CT molecular complexity index is 1040. The molecule has 0 spiro atoms. The van der Waals surface area contributed by atoms with E-state index in [1.54, 1.807) is 23.9 Å². The van der Waals surface area contributed by atoms with Gasteiger partial charge in [-0.1, -0.05) is 77.7 Å². The van der Waals surface area contributed by atoms with Crippen LogP contribution in [0.15, 0.2) is 71.1 Å². The molecule has 4 aromatic rings. The van der Waals surface area contributed by atoms with Gasteiger partial charge in [0.25, 0.3) is 0 Å².